The summed E-state index contributed by atoms with van der Waals surface area (Å²) in [5.41, 5.74) is 5.78. The summed E-state index contributed by atoms with van der Waals surface area (Å²) in [4.78, 5) is 2.03. The van der Waals surface area contributed by atoms with Gasteiger partial charge in [0.15, 0.2) is 0 Å². The zero-order valence-electron chi connectivity index (χ0n) is 11.4. The molecule has 1 saturated heterocycles. The van der Waals surface area contributed by atoms with Gasteiger partial charge in [0.2, 0.25) is 0 Å². The fourth-order valence-electron chi connectivity index (χ4n) is 2.45. The average molecular weight is 304 g/mol. The molecule has 0 bridgehead atoms. The van der Waals surface area contributed by atoms with Crippen molar-refractivity contribution < 1.29 is 13.2 Å². The van der Waals surface area contributed by atoms with Crippen molar-refractivity contribution in [2.75, 3.05) is 30.3 Å². The summed E-state index contributed by atoms with van der Waals surface area (Å²) in [6.45, 7) is 3.91. The predicted octanol–water partition coefficient (Wildman–Crippen LogP) is 3.15. The van der Waals surface area contributed by atoms with Gasteiger partial charge in [0.25, 0.3) is 0 Å². The molecule has 0 aromatic heterocycles. The third-order valence-electron chi connectivity index (χ3n) is 3.42. The van der Waals surface area contributed by atoms with Gasteiger partial charge >= 0.3 is 6.18 Å². The van der Waals surface area contributed by atoms with Gasteiger partial charge in [0, 0.05) is 29.8 Å². The van der Waals surface area contributed by atoms with Crippen molar-refractivity contribution >= 4 is 17.4 Å². The normalized spacial score (nSPS) is 20.2. The van der Waals surface area contributed by atoms with Crippen LogP contribution in [0.2, 0.25) is 0 Å². The molecule has 1 unspecified atom stereocenters. The molecule has 1 aliphatic rings. The summed E-state index contributed by atoms with van der Waals surface area (Å²) in [5.74, 6) is 0.951. The first kappa shape index (κ1) is 15.5. The number of nitrogens with two attached hydrogens (primary N) is 1. The SMILES string of the molecule is CC1CN(c2ccc(CCN)c(C(F)(F)F)c2)CCS1. The lowest BCUT2D eigenvalue weighted by atomic mass is 10.0. The van der Waals surface area contributed by atoms with E-state index in [1.165, 1.54) is 6.07 Å². The van der Waals surface area contributed by atoms with E-state index in [1.54, 1.807) is 12.1 Å². The Hall–Kier alpha value is -0.880. The molecule has 2 rings (SSSR count). The summed E-state index contributed by atoms with van der Waals surface area (Å²) in [5, 5.41) is 0.446. The smallest absolute Gasteiger partial charge is 0.370 e. The maximum atomic E-state index is 13.1. The number of hydrogen-bond acceptors (Lipinski definition) is 3. The molecule has 20 heavy (non-hydrogen) atoms. The van der Waals surface area contributed by atoms with E-state index in [1.807, 2.05) is 16.7 Å². The highest BCUT2D eigenvalue weighted by molar-refractivity contribution is 8.00. The van der Waals surface area contributed by atoms with Crippen LogP contribution in [0.5, 0.6) is 0 Å². The van der Waals surface area contributed by atoms with Crippen LogP contribution in [0.25, 0.3) is 0 Å². The van der Waals surface area contributed by atoms with Crippen LogP contribution in [-0.2, 0) is 12.6 Å². The monoisotopic (exact) mass is 304 g/mol. The second-order valence-corrected chi connectivity index (χ2v) is 6.55. The van der Waals surface area contributed by atoms with E-state index < -0.39 is 11.7 Å². The molecule has 1 heterocycles. The van der Waals surface area contributed by atoms with Crippen molar-refractivity contribution in [2.24, 2.45) is 5.73 Å². The van der Waals surface area contributed by atoms with Gasteiger partial charge in [-0.1, -0.05) is 13.0 Å². The lowest BCUT2D eigenvalue weighted by molar-refractivity contribution is -0.138. The van der Waals surface area contributed by atoms with Crippen LogP contribution in [0.3, 0.4) is 0 Å². The van der Waals surface area contributed by atoms with Crippen LogP contribution >= 0.6 is 11.8 Å². The summed E-state index contributed by atoms with van der Waals surface area (Å²) in [6, 6.07) is 4.62. The molecule has 1 aromatic carbocycles. The Morgan fingerprint density at radius 1 is 1.40 bits per heavy atom. The Bertz CT molecular complexity index is 462. The Morgan fingerprint density at radius 3 is 2.75 bits per heavy atom. The molecule has 0 amide bonds. The highest BCUT2D eigenvalue weighted by Gasteiger charge is 2.34. The molecule has 1 fully saturated rings. The van der Waals surface area contributed by atoms with E-state index in [2.05, 4.69) is 6.92 Å². The molecule has 1 aromatic rings. The summed E-state index contributed by atoms with van der Waals surface area (Å²) >= 11 is 1.86. The van der Waals surface area contributed by atoms with Crippen molar-refractivity contribution in [1.82, 2.24) is 0 Å². The van der Waals surface area contributed by atoms with Crippen LogP contribution in [0.15, 0.2) is 18.2 Å². The minimum atomic E-state index is -4.32. The average Bonchev–Trinajstić information content (AvgIpc) is 2.38. The molecule has 112 valence electrons. The van der Waals surface area contributed by atoms with Gasteiger partial charge in [-0.3, -0.25) is 0 Å². The molecule has 2 N–H and O–H groups in total. The van der Waals surface area contributed by atoms with Crippen molar-refractivity contribution in [3.8, 4) is 0 Å². The molecule has 2 nitrogen and oxygen atoms in total. The van der Waals surface area contributed by atoms with Crippen LogP contribution in [0, 0.1) is 0 Å². The highest BCUT2D eigenvalue weighted by Crippen LogP contribution is 2.35. The molecule has 0 saturated carbocycles. The van der Waals surface area contributed by atoms with Gasteiger partial charge < -0.3 is 10.6 Å². The van der Waals surface area contributed by atoms with Gasteiger partial charge in [-0.15, -0.1) is 0 Å². The first-order valence-corrected chi connectivity index (χ1v) is 7.73. The lowest BCUT2D eigenvalue weighted by Gasteiger charge is -2.33. The third-order valence-corrected chi connectivity index (χ3v) is 4.56. The molecular weight excluding hydrogens is 285 g/mol. The molecule has 1 atom stereocenters. The van der Waals surface area contributed by atoms with Crippen LogP contribution in [-0.4, -0.2) is 30.6 Å². The predicted molar refractivity (Wildman–Crippen MR) is 78.3 cm³/mol. The standard InChI is InChI=1S/C14H19F3N2S/c1-10-9-19(6-7-20-10)12-3-2-11(4-5-18)13(8-12)14(15,16)17/h2-3,8,10H,4-7,9,18H2,1H3. The number of rotatable bonds is 3. The fourth-order valence-corrected chi connectivity index (χ4v) is 3.46. The summed E-state index contributed by atoms with van der Waals surface area (Å²) in [7, 11) is 0. The van der Waals surface area contributed by atoms with Crippen molar-refractivity contribution in [1.29, 1.82) is 0 Å². The minimum absolute atomic E-state index is 0.222. The summed E-state index contributed by atoms with van der Waals surface area (Å²) < 4.78 is 39.4. The van der Waals surface area contributed by atoms with Gasteiger partial charge in [-0.2, -0.15) is 24.9 Å². The van der Waals surface area contributed by atoms with Gasteiger partial charge in [0.05, 0.1) is 5.56 Å². The van der Waals surface area contributed by atoms with E-state index >= 15 is 0 Å². The minimum Gasteiger partial charge on any atom is -0.370 e. The van der Waals surface area contributed by atoms with E-state index in [4.69, 9.17) is 5.73 Å². The Kier molecular flexibility index (Phi) is 4.86. The van der Waals surface area contributed by atoms with Crippen molar-refractivity contribution in [3.05, 3.63) is 29.3 Å². The number of nitrogens with zero attached hydrogens (tertiary/aromatic N) is 1. The largest absolute Gasteiger partial charge is 0.416 e. The second kappa shape index (κ2) is 6.26. The maximum absolute atomic E-state index is 13.1. The van der Waals surface area contributed by atoms with E-state index in [-0.39, 0.29) is 18.5 Å². The Morgan fingerprint density at radius 2 is 2.15 bits per heavy atom. The maximum Gasteiger partial charge on any atom is 0.416 e. The first-order valence-electron chi connectivity index (χ1n) is 6.68. The third kappa shape index (κ3) is 3.61. The molecule has 6 heteroatoms. The topological polar surface area (TPSA) is 29.3 Å². The first-order chi connectivity index (χ1) is 9.41. The van der Waals surface area contributed by atoms with Crippen LogP contribution < -0.4 is 10.6 Å². The molecular formula is C14H19F3N2S. The molecule has 0 spiro atoms. The van der Waals surface area contributed by atoms with Gasteiger partial charge in [0.1, 0.15) is 0 Å². The summed E-state index contributed by atoms with van der Waals surface area (Å²) in [6.07, 6.45) is -4.07. The molecule has 0 radical (unpaired) electrons. The quantitative estimate of drug-likeness (QED) is 0.930. The van der Waals surface area contributed by atoms with Gasteiger partial charge in [-0.05, 0) is 30.7 Å². The highest BCUT2D eigenvalue weighted by atomic mass is 32.2. The number of halogens is 3. The zero-order chi connectivity index (χ0) is 14.8. The number of alkyl halides is 3. The fraction of sp³-hybridized carbons (Fsp3) is 0.571. The van der Waals surface area contributed by atoms with E-state index in [0.717, 1.165) is 18.8 Å². The zero-order valence-corrected chi connectivity index (χ0v) is 12.2. The molecule has 0 aliphatic carbocycles. The second-order valence-electron chi connectivity index (χ2n) is 5.01. The Balaban J connectivity index is 2.31. The molecule has 1 aliphatic heterocycles. The number of benzene rings is 1. The van der Waals surface area contributed by atoms with Crippen LogP contribution in [0.1, 0.15) is 18.1 Å². The van der Waals surface area contributed by atoms with Gasteiger partial charge in [-0.25, -0.2) is 0 Å². The van der Waals surface area contributed by atoms with Crippen LogP contribution in [0.4, 0.5) is 18.9 Å². The van der Waals surface area contributed by atoms with E-state index in [9.17, 15) is 13.2 Å². The van der Waals surface area contributed by atoms with E-state index in [0.29, 0.717) is 10.9 Å². The number of hydrogen-bond donors (Lipinski definition) is 1. The van der Waals surface area contributed by atoms with Crippen molar-refractivity contribution in [3.63, 3.8) is 0 Å². The number of anilines is 1. The van der Waals surface area contributed by atoms with Crippen molar-refractivity contribution in [2.45, 2.75) is 24.8 Å². The lowest BCUT2D eigenvalue weighted by Crippen LogP contribution is -2.36. The Labute approximate surface area is 121 Å². The number of thioether (sulfide) groups is 1.